The average Bonchev–Trinajstić information content (AvgIpc) is 2.43. The first kappa shape index (κ1) is 15.5. The van der Waals surface area contributed by atoms with Crippen molar-refractivity contribution in [3.05, 3.63) is 29.8 Å². The van der Waals surface area contributed by atoms with Crippen LogP contribution in [0.25, 0.3) is 0 Å². The maximum absolute atomic E-state index is 11.1. The molecule has 0 aliphatic rings. The monoisotopic (exact) mass is 264 g/mol. The molecule has 1 unspecified atom stereocenters. The third kappa shape index (κ3) is 6.25. The molecule has 1 aromatic rings. The van der Waals surface area contributed by atoms with Crippen molar-refractivity contribution in [2.75, 3.05) is 13.7 Å². The first-order valence-corrected chi connectivity index (χ1v) is 6.83. The molecule has 0 heterocycles. The topological polar surface area (TPSA) is 64.3 Å². The maximum atomic E-state index is 11.1. The molecule has 0 aromatic heterocycles. The van der Waals surface area contributed by atoms with Crippen LogP contribution < -0.4 is 15.8 Å². The Balaban J connectivity index is 2.37. The largest absolute Gasteiger partial charge is 0.494 e. The number of benzene rings is 1. The molecule has 0 bridgehead atoms. The van der Waals surface area contributed by atoms with Crippen molar-refractivity contribution in [3.63, 3.8) is 0 Å². The van der Waals surface area contributed by atoms with Gasteiger partial charge in [-0.1, -0.05) is 19.1 Å². The van der Waals surface area contributed by atoms with E-state index in [-0.39, 0.29) is 11.9 Å². The van der Waals surface area contributed by atoms with Gasteiger partial charge >= 0.3 is 0 Å². The van der Waals surface area contributed by atoms with Crippen molar-refractivity contribution in [1.82, 2.24) is 5.32 Å². The SMILES string of the molecule is CCC(N)Cc1cccc(OCCCC(=O)NC)c1. The molecule has 0 saturated carbocycles. The van der Waals surface area contributed by atoms with Gasteiger partial charge < -0.3 is 15.8 Å². The first-order valence-electron chi connectivity index (χ1n) is 6.83. The summed E-state index contributed by atoms with van der Waals surface area (Å²) >= 11 is 0. The van der Waals surface area contributed by atoms with Crippen molar-refractivity contribution in [2.45, 2.75) is 38.6 Å². The minimum atomic E-state index is 0.0475. The standard InChI is InChI=1S/C15H24N2O2/c1-3-13(16)10-12-6-4-7-14(11-12)19-9-5-8-15(18)17-2/h4,6-7,11,13H,3,5,8-10,16H2,1-2H3,(H,17,18). The third-order valence-corrected chi connectivity index (χ3v) is 3.02. The molecular formula is C15H24N2O2. The number of ether oxygens (including phenoxy) is 1. The van der Waals surface area contributed by atoms with E-state index in [1.54, 1.807) is 7.05 Å². The van der Waals surface area contributed by atoms with Crippen LogP contribution in [0.1, 0.15) is 31.7 Å². The molecule has 1 amide bonds. The van der Waals surface area contributed by atoms with Crippen LogP contribution in [-0.4, -0.2) is 25.6 Å². The number of carbonyl (C=O) groups excluding carboxylic acids is 1. The summed E-state index contributed by atoms with van der Waals surface area (Å²) in [4.78, 5) is 11.1. The fourth-order valence-corrected chi connectivity index (χ4v) is 1.76. The average molecular weight is 264 g/mol. The highest BCUT2D eigenvalue weighted by Gasteiger charge is 2.03. The molecule has 1 aromatic carbocycles. The van der Waals surface area contributed by atoms with Crippen molar-refractivity contribution in [3.8, 4) is 5.75 Å². The molecule has 3 N–H and O–H groups in total. The van der Waals surface area contributed by atoms with Gasteiger partial charge in [0.2, 0.25) is 5.91 Å². The molecule has 0 radical (unpaired) electrons. The predicted molar refractivity (Wildman–Crippen MR) is 77.2 cm³/mol. The van der Waals surface area contributed by atoms with Crippen molar-refractivity contribution in [2.24, 2.45) is 5.73 Å². The lowest BCUT2D eigenvalue weighted by Gasteiger charge is -2.11. The summed E-state index contributed by atoms with van der Waals surface area (Å²) in [6, 6.07) is 8.19. The Hall–Kier alpha value is -1.55. The second-order valence-corrected chi connectivity index (χ2v) is 4.65. The van der Waals surface area contributed by atoms with Gasteiger partial charge in [0.05, 0.1) is 6.61 Å². The lowest BCUT2D eigenvalue weighted by Crippen LogP contribution is -2.21. The van der Waals surface area contributed by atoms with Gasteiger partial charge in [-0.3, -0.25) is 4.79 Å². The fourth-order valence-electron chi connectivity index (χ4n) is 1.76. The van der Waals surface area contributed by atoms with Crippen molar-refractivity contribution < 1.29 is 9.53 Å². The van der Waals surface area contributed by atoms with Crippen LogP contribution in [0, 0.1) is 0 Å². The fraction of sp³-hybridized carbons (Fsp3) is 0.533. The smallest absolute Gasteiger partial charge is 0.219 e. The van der Waals surface area contributed by atoms with Gasteiger partial charge in [0.15, 0.2) is 0 Å². The molecule has 4 heteroatoms. The Morgan fingerprint density at radius 1 is 1.47 bits per heavy atom. The Morgan fingerprint density at radius 3 is 2.95 bits per heavy atom. The van der Waals surface area contributed by atoms with Crippen LogP contribution in [-0.2, 0) is 11.2 Å². The highest BCUT2D eigenvalue weighted by atomic mass is 16.5. The zero-order chi connectivity index (χ0) is 14.1. The van der Waals surface area contributed by atoms with Gasteiger partial charge in [0.1, 0.15) is 5.75 Å². The zero-order valence-corrected chi connectivity index (χ0v) is 11.8. The van der Waals surface area contributed by atoms with E-state index >= 15 is 0 Å². The van der Waals surface area contributed by atoms with Gasteiger partial charge in [0.25, 0.3) is 0 Å². The van der Waals surface area contributed by atoms with Crippen LogP contribution in [0.15, 0.2) is 24.3 Å². The lowest BCUT2D eigenvalue weighted by atomic mass is 10.0. The lowest BCUT2D eigenvalue weighted by molar-refractivity contribution is -0.120. The summed E-state index contributed by atoms with van der Waals surface area (Å²) in [6.07, 6.45) is 3.05. The zero-order valence-electron chi connectivity index (χ0n) is 11.8. The number of nitrogens with one attached hydrogen (secondary N) is 1. The van der Waals surface area contributed by atoms with Gasteiger partial charge in [0, 0.05) is 19.5 Å². The van der Waals surface area contributed by atoms with Gasteiger partial charge in [-0.2, -0.15) is 0 Å². The van der Waals surface area contributed by atoms with Crippen molar-refractivity contribution in [1.29, 1.82) is 0 Å². The van der Waals surface area contributed by atoms with E-state index in [0.717, 1.165) is 25.0 Å². The number of nitrogens with two attached hydrogens (primary N) is 1. The summed E-state index contributed by atoms with van der Waals surface area (Å²) in [5, 5.41) is 2.59. The number of hydrogen-bond acceptors (Lipinski definition) is 3. The van der Waals surface area contributed by atoms with Gasteiger partial charge in [-0.05, 0) is 37.0 Å². The molecule has 19 heavy (non-hydrogen) atoms. The molecule has 0 spiro atoms. The predicted octanol–water partition coefficient (Wildman–Crippen LogP) is 1.87. The number of rotatable bonds is 8. The Bertz CT molecular complexity index is 393. The van der Waals surface area contributed by atoms with Gasteiger partial charge in [-0.25, -0.2) is 0 Å². The van der Waals surface area contributed by atoms with E-state index < -0.39 is 0 Å². The Morgan fingerprint density at radius 2 is 2.26 bits per heavy atom. The molecule has 1 rings (SSSR count). The molecule has 106 valence electrons. The summed E-state index contributed by atoms with van der Waals surface area (Å²) in [7, 11) is 1.64. The molecule has 0 aliphatic carbocycles. The van der Waals surface area contributed by atoms with E-state index in [1.165, 1.54) is 5.56 Å². The van der Waals surface area contributed by atoms with Crippen LogP contribution in [0.2, 0.25) is 0 Å². The van der Waals surface area contributed by atoms with Crippen LogP contribution in [0.4, 0.5) is 0 Å². The minimum absolute atomic E-state index is 0.0475. The second kappa shape index (κ2) is 8.53. The third-order valence-electron chi connectivity index (χ3n) is 3.02. The number of amides is 1. The first-order chi connectivity index (χ1) is 9.15. The highest BCUT2D eigenvalue weighted by molar-refractivity contribution is 5.75. The minimum Gasteiger partial charge on any atom is -0.494 e. The van der Waals surface area contributed by atoms with E-state index in [1.807, 2.05) is 18.2 Å². The van der Waals surface area contributed by atoms with Crippen LogP contribution in [0.5, 0.6) is 5.75 Å². The summed E-state index contributed by atoms with van der Waals surface area (Å²) < 4.78 is 5.64. The molecule has 1 atom stereocenters. The van der Waals surface area contributed by atoms with Crippen molar-refractivity contribution >= 4 is 5.91 Å². The molecular weight excluding hydrogens is 240 g/mol. The Labute approximate surface area is 115 Å². The molecule has 4 nitrogen and oxygen atoms in total. The maximum Gasteiger partial charge on any atom is 0.219 e. The second-order valence-electron chi connectivity index (χ2n) is 4.65. The summed E-state index contributed by atoms with van der Waals surface area (Å²) in [5.74, 6) is 0.893. The van der Waals surface area contributed by atoms with E-state index in [9.17, 15) is 4.79 Å². The molecule has 0 aliphatic heterocycles. The number of carbonyl (C=O) groups is 1. The number of hydrogen-bond donors (Lipinski definition) is 2. The van der Waals surface area contributed by atoms with Crippen LogP contribution >= 0.6 is 0 Å². The molecule has 0 saturated heterocycles. The normalized spacial score (nSPS) is 11.9. The van der Waals surface area contributed by atoms with Gasteiger partial charge in [-0.15, -0.1) is 0 Å². The summed E-state index contributed by atoms with van der Waals surface area (Å²) in [5.41, 5.74) is 7.13. The quantitative estimate of drug-likeness (QED) is 0.705. The summed E-state index contributed by atoms with van der Waals surface area (Å²) in [6.45, 7) is 2.64. The van der Waals surface area contributed by atoms with E-state index in [0.29, 0.717) is 13.0 Å². The molecule has 0 fully saturated rings. The highest BCUT2D eigenvalue weighted by Crippen LogP contribution is 2.15. The van der Waals surface area contributed by atoms with Crippen LogP contribution in [0.3, 0.4) is 0 Å². The Kier molecular flexibility index (Phi) is 6.97. The van der Waals surface area contributed by atoms with E-state index in [4.69, 9.17) is 10.5 Å². The van der Waals surface area contributed by atoms with E-state index in [2.05, 4.69) is 18.3 Å².